The van der Waals surface area contributed by atoms with Gasteiger partial charge >= 0.3 is 11.9 Å². The van der Waals surface area contributed by atoms with E-state index < -0.39 is 11.9 Å². The molecule has 34 heavy (non-hydrogen) atoms. The average Bonchev–Trinajstić information content (AvgIpc) is 2.86. The van der Waals surface area contributed by atoms with Gasteiger partial charge in [-0.2, -0.15) is 0 Å². The molecule has 3 rings (SSSR count). The first kappa shape index (κ1) is 24.5. The summed E-state index contributed by atoms with van der Waals surface area (Å²) in [7, 11) is 0. The van der Waals surface area contributed by atoms with Gasteiger partial charge in [0, 0.05) is 42.1 Å². The van der Waals surface area contributed by atoms with Gasteiger partial charge in [0.15, 0.2) is 0 Å². The Morgan fingerprint density at radius 2 is 1.26 bits per heavy atom. The fourth-order valence-electron chi connectivity index (χ4n) is 3.46. The van der Waals surface area contributed by atoms with E-state index in [4.69, 9.17) is 9.47 Å². The minimum absolute atomic E-state index is 0.296. The third-order valence-corrected chi connectivity index (χ3v) is 5.26. The molecule has 0 saturated carbocycles. The Balaban J connectivity index is 1.84. The molecule has 5 heteroatoms. The number of benzene rings is 3. The summed E-state index contributed by atoms with van der Waals surface area (Å²) in [6.07, 6.45) is 3.57. The van der Waals surface area contributed by atoms with Crippen molar-refractivity contribution in [3.8, 4) is 0 Å². The van der Waals surface area contributed by atoms with Crippen LogP contribution in [0.4, 0.5) is 17.1 Å². The van der Waals surface area contributed by atoms with Crippen LogP contribution in [-0.4, -0.2) is 25.2 Å². The summed E-state index contributed by atoms with van der Waals surface area (Å²) < 4.78 is 10.2. The van der Waals surface area contributed by atoms with Crippen molar-refractivity contribution in [2.45, 2.75) is 19.8 Å². The van der Waals surface area contributed by atoms with Crippen LogP contribution in [0.5, 0.6) is 0 Å². The van der Waals surface area contributed by atoms with Gasteiger partial charge in [0.05, 0.1) is 13.2 Å². The summed E-state index contributed by atoms with van der Waals surface area (Å²) >= 11 is 0. The van der Waals surface area contributed by atoms with Gasteiger partial charge in [0.2, 0.25) is 0 Å². The molecular weight excluding hydrogens is 426 g/mol. The molecule has 0 amide bonds. The molecule has 0 aliphatic heterocycles. The van der Waals surface area contributed by atoms with E-state index in [1.54, 1.807) is 0 Å². The molecule has 0 aliphatic rings. The van der Waals surface area contributed by atoms with E-state index >= 15 is 0 Å². The molecule has 3 aromatic rings. The Morgan fingerprint density at radius 3 is 1.82 bits per heavy atom. The predicted octanol–water partition coefficient (Wildman–Crippen LogP) is 6.01. The Bertz CT molecular complexity index is 1130. The summed E-state index contributed by atoms with van der Waals surface area (Å²) in [5, 5.41) is 0. The highest BCUT2D eigenvalue weighted by Crippen LogP contribution is 2.35. The van der Waals surface area contributed by atoms with Gasteiger partial charge < -0.3 is 14.4 Å². The highest BCUT2D eigenvalue weighted by Gasteiger charge is 2.13. The van der Waals surface area contributed by atoms with Crippen molar-refractivity contribution in [3.05, 3.63) is 115 Å². The van der Waals surface area contributed by atoms with Gasteiger partial charge in [-0.05, 0) is 54.4 Å². The van der Waals surface area contributed by atoms with Crippen LogP contribution in [0.25, 0.3) is 0 Å². The highest BCUT2D eigenvalue weighted by molar-refractivity contribution is 5.81. The first-order valence-electron chi connectivity index (χ1n) is 11.1. The average molecular weight is 456 g/mol. The molecule has 0 saturated heterocycles. The number of ether oxygens (including phenoxy) is 2. The summed E-state index contributed by atoms with van der Waals surface area (Å²) in [5.74, 6) is -0.835. The van der Waals surface area contributed by atoms with E-state index in [1.807, 2.05) is 24.3 Å². The molecule has 0 atom stereocenters. The lowest BCUT2D eigenvalue weighted by atomic mass is 10.1. The first-order valence-corrected chi connectivity index (χ1v) is 11.1. The van der Waals surface area contributed by atoms with Gasteiger partial charge in [0.1, 0.15) is 0 Å². The van der Waals surface area contributed by atoms with Crippen LogP contribution in [0.1, 0.15) is 16.7 Å². The van der Waals surface area contributed by atoms with E-state index in [0.29, 0.717) is 26.1 Å². The largest absolute Gasteiger partial charge is 0.462 e. The zero-order valence-electron chi connectivity index (χ0n) is 19.4. The Morgan fingerprint density at radius 1 is 0.735 bits per heavy atom. The molecule has 0 heterocycles. The zero-order valence-corrected chi connectivity index (χ0v) is 19.4. The molecule has 5 nitrogen and oxygen atoms in total. The summed E-state index contributed by atoms with van der Waals surface area (Å²) in [6, 6.07) is 24.7. The summed E-state index contributed by atoms with van der Waals surface area (Å²) in [6.45, 7) is 9.50. The number of hydrogen-bond donors (Lipinski definition) is 0. The second kappa shape index (κ2) is 12.2. The monoisotopic (exact) mass is 455 g/mol. The third kappa shape index (κ3) is 6.94. The van der Waals surface area contributed by atoms with Crippen molar-refractivity contribution in [3.63, 3.8) is 0 Å². The van der Waals surface area contributed by atoms with Crippen molar-refractivity contribution in [1.82, 2.24) is 0 Å². The molecule has 0 fully saturated rings. The van der Waals surface area contributed by atoms with Crippen molar-refractivity contribution >= 4 is 29.0 Å². The molecular formula is C29H29NO4. The molecule has 0 unspecified atom stereocenters. The molecule has 0 bridgehead atoms. The maximum atomic E-state index is 11.3. The van der Waals surface area contributed by atoms with Crippen LogP contribution in [0, 0.1) is 6.92 Å². The molecule has 0 spiro atoms. The van der Waals surface area contributed by atoms with E-state index in [2.05, 4.69) is 73.5 Å². The highest BCUT2D eigenvalue weighted by atomic mass is 16.5. The smallest absolute Gasteiger partial charge is 0.330 e. The van der Waals surface area contributed by atoms with Gasteiger partial charge in [0.25, 0.3) is 0 Å². The Labute approximate surface area is 200 Å². The van der Waals surface area contributed by atoms with Crippen molar-refractivity contribution < 1.29 is 19.1 Å². The third-order valence-electron chi connectivity index (χ3n) is 5.26. The topological polar surface area (TPSA) is 55.8 Å². The molecule has 0 aromatic heterocycles. The predicted molar refractivity (Wildman–Crippen MR) is 136 cm³/mol. The normalized spacial score (nSPS) is 10.3. The summed E-state index contributed by atoms with van der Waals surface area (Å²) in [5.41, 5.74) is 6.36. The maximum absolute atomic E-state index is 11.3. The number of carbonyl (C=O) groups excluding carboxylic acids is 2. The molecule has 0 N–H and O–H groups in total. The van der Waals surface area contributed by atoms with E-state index in [0.717, 1.165) is 28.2 Å². The quantitative estimate of drug-likeness (QED) is 0.262. The van der Waals surface area contributed by atoms with Crippen LogP contribution in [-0.2, 0) is 31.9 Å². The van der Waals surface area contributed by atoms with Gasteiger partial charge in [-0.1, -0.05) is 55.1 Å². The Kier molecular flexibility index (Phi) is 8.81. The van der Waals surface area contributed by atoms with E-state index in [-0.39, 0.29) is 0 Å². The number of aryl methyl sites for hydroxylation is 1. The van der Waals surface area contributed by atoms with Crippen LogP contribution in [0.3, 0.4) is 0 Å². The number of esters is 2. The SMILES string of the molecule is C=CC(=O)OCCc1ccc(N(c2ccc(C)cc2)c2cccc(CCOC(=O)C=C)c2)cc1. The van der Waals surface area contributed by atoms with E-state index in [9.17, 15) is 9.59 Å². The standard InChI is InChI=1S/C29H29NO4/c1-4-28(31)33-19-17-23-11-15-26(16-12-23)30(25-13-9-22(3)10-14-25)27-8-6-7-24(21-27)18-20-34-29(32)5-2/h4-16,21H,1-2,17-20H2,3H3. The number of anilines is 3. The van der Waals surface area contributed by atoms with Crippen LogP contribution in [0.15, 0.2) is 98.1 Å². The van der Waals surface area contributed by atoms with E-state index in [1.165, 1.54) is 17.7 Å². The van der Waals surface area contributed by atoms with Gasteiger partial charge in [-0.15, -0.1) is 0 Å². The van der Waals surface area contributed by atoms with Crippen LogP contribution < -0.4 is 4.90 Å². The minimum atomic E-state index is -0.420. The first-order chi connectivity index (χ1) is 16.5. The number of carbonyl (C=O) groups is 2. The zero-order chi connectivity index (χ0) is 24.3. The van der Waals surface area contributed by atoms with Crippen molar-refractivity contribution in [1.29, 1.82) is 0 Å². The Hall–Kier alpha value is -4.12. The minimum Gasteiger partial charge on any atom is -0.462 e. The number of nitrogens with zero attached hydrogens (tertiary/aromatic N) is 1. The lowest BCUT2D eigenvalue weighted by Gasteiger charge is -2.26. The fraction of sp³-hybridized carbons (Fsp3) is 0.172. The number of hydrogen-bond acceptors (Lipinski definition) is 5. The fourth-order valence-corrected chi connectivity index (χ4v) is 3.46. The van der Waals surface area contributed by atoms with Crippen molar-refractivity contribution in [2.24, 2.45) is 0 Å². The lowest BCUT2D eigenvalue weighted by Crippen LogP contribution is -2.11. The van der Waals surface area contributed by atoms with Gasteiger partial charge in [-0.25, -0.2) is 9.59 Å². The molecule has 3 aromatic carbocycles. The molecule has 174 valence electrons. The van der Waals surface area contributed by atoms with Crippen LogP contribution >= 0.6 is 0 Å². The second-order valence-corrected chi connectivity index (χ2v) is 7.75. The number of rotatable bonds is 11. The second-order valence-electron chi connectivity index (χ2n) is 7.75. The van der Waals surface area contributed by atoms with Gasteiger partial charge in [-0.3, -0.25) is 0 Å². The summed E-state index contributed by atoms with van der Waals surface area (Å²) in [4.78, 5) is 24.8. The van der Waals surface area contributed by atoms with Crippen molar-refractivity contribution in [2.75, 3.05) is 18.1 Å². The molecule has 0 radical (unpaired) electrons. The van der Waals surface area contributed by atoms with Crippen LogP contribution in [0.2, 0.25) is 0 Å². The lowest BCUT2D eigenvalue weighted by molar-refractivity contribution is -0.138. The maximum Gasteiger partial charge on any atom is 0.330 e. The molecule has 0 aliphatic carbocycles.